The number of hydrogen-bond donors (Lipinski definition) is 0. The summed E-state index contributed by atoms with van der Waals surface area (Å²) in [5, 5.41) is -0.528. The predicted octanol–water partition coefficient (Wildman–Crippen LogP) is 0.583. The van der Waals surface area contributed by atoms with Crippen molar-refractivity contribution in [2.75, 3.05) is 52.2 Å². The van der Waals surface area contributed by atoms with Gasteiger partial charge < -0.3 is 14.4 Å². The molecular weight excluding hydrogens is 411 g/mol. The topological polar surface area (TPSA) is 76.2 Å². The third kappa shape index (κ3) is 3.36. The Balaban J connectivity index is 1.19. The monoisotopic (exact) mass is 438 g/mol. The Morgan fingerprint density at radius 1 is 1.23 bits per heavy atom. The highest BCUT2D eigenvalue weighted by atomic mass is 32.2. The quantitative estimate of drug-likeness (QED) is 0.670. The van der Waals surface area contributed by atoms with Gasteiger partial charge in [0.2, 0.25) is 5.91 Å². The number of nitrogens with zero attached hydrogens (tertiary/aromatic N) is 2. The molecule has 0 aromatic heterocycles. The molecule has 3 aliphatic heterocycles. The predicted molar refractivity (Wildman–Crippen MR) is 107 cm³/mol. The molecule has 164 valence electrons. The molecule has 30 heavy (non-hydrogen) atoms. The molecule has 0 radical (unpaired) electrons. The minimum absolute atomic E-state index is 0.00552. The van der Waals surface area contributed by atoms with Crippen molar-refractivity contribution in [2.24, 2.45) is 0 Å². The van der Waals surface area contributed by atoms with Gasteiger partial charge in [-0.3, -0.25) is 9.69 Å². The van der Waals surface area contributed by atoms with Gasteiger partial charge in [-0.2, -0.15) is 0 Å². The van der Waals surface area contributed by atoms with Crippen LogP contribution in [0.25, 0.3) is 0 Å². The molecule has 0 N–H and O–H groups in total. The summed E-state index contributed by atoms with van der Waals surface area (Å²) >= 11 is 0. The number of carbonyl (C=O) groups is 1. The minimum Gasteiger partial charge on any atom is -0.379 e. The third-order valence-corrected chi connectivity index (χ3v) is 9.30. The van der Waals surface area contributed by atoms with Crippen LogP contribution in [0.1, 0.15) is 18.4 Å². The highest BCUT2D eigenvalue weighted by Crippen LogP contribution is 2.51. The van der Waals surface area contributed by atoms with Crippen molar-refractivity contribution < 1.29 is 27.1 Å². The molecule has 0 unspecified atom stereocenters. The number of likely N-dealkylation sites (tertiary alicyclic amines) is 2. The number of carbonyl (C=O) groups excluding carboxylic acids is 1. The highest BCUT2D eigenvalue weighted by molar-refractivity contribution is 7.92. The van der Waals surface area contributed by atoms with Gasteiger partial charge in [0.15, 0.2) is 9.84 Å². The molecule has 1 spiro atoms. The second-order valence-electron chi connectivity index (χ2n) is 9.25. The molecule has 1 amide bonds. The van der Waals surface area contributed by atoms with E-state index in [4.69, 9.17) is 9.47 Å². The van der Waals surface area contributed by atoms with Gasteiger partial charge in [-0.1, -0.05) is 12.1 Å². The average molecular weight is 439 g/mol. The summed E-state index contributed by atoms with van der Waals surface area (Å²) in [5.74, 6) is -0.371. The van der Waals surface area contributed by atoms with Gasteiger partial charge >= 0.3 is 0 Å². The van der Waals surface area contributed by atoms with Gasteiger partial charge in [-0.15, -0.1) is 0 Å². The SMILES string of the molecule is COC1CN(C[C@H]2COC3(CN(C(=O)C4(c5ccc(F)cc5)CC4)C3)CS2(=O)=O)C1. The Morgan fingerprint density at radius 3 is 2.47 bits per heavy atom. The van der Waals surface area contributed by atoms with Crippen LogP contribution in [0, 0.1) is 5.82 Å². The largest absolute Gasteiger partial charge is 0.379 e. The van der Waals surface area contributed by atoms with Gasteiger partial charge in [-0.25, -0.2) is 12.8 Å². The summed E-state index contributed by atoms with van der Waals surface area (Å²) < 4.78 is 50.3. The first-order valence-electron chi connectivity index (χ1n) is 10.4. The van der Waals surface area contributed by atoms with E-state index in [1.54, 1.807) is 24.1 Å². The van der Waals surface area contributed by atoms with Crippen LogP contribution >= 0.6 is 0 Å². The molecule has 1 aromatic rings. The lowest BCUT2D eigenvalue weighted by molar-refractivity contribution is -0.168. The second-order valence-corrected chi connectivity index (χ2v) is 11.5. The van der Waals surface area contributed by atoms with Crippen LogP contribution in [0.3, 0.4) is 0 Å². The van der Waals surface area contributed by atoms with Gasteiger partial charge in [0.05, 0.1) is 42.2 Å². The molecule has 1 saturated carbocycles. The summed E-state index contributed by atoms with van der Waals surface area (Å²) in [4.78, 5) is 16.9. The molecule has 7 nitrogen and oxygen atoms in total. The van der Waals surface area contributed by atoms with Crippen LogP contribution in [0.15, 0.2) is 24.3 Å². The van der Waals surface area contributed by atoms with Gasteiger partial charge in [0.1, 0.15) is 11.4 Å². The number of benzene rings is 1. The van der Waals surface area contributed by atoms with Crippen molar-refractivity contribution >= 4 is 15.7 Å². The van der Waals surface area contributed by atoms with Crippen LogP contribution in [0.2, 0.25) is 0 Å². The Hall–Kier alpha value is -1.55. The van der Waals surface area contributed by atoms with Crippen LogP contribution in [0.5, 0.6) is 0 Å². The number of methoxy groups -OCH3 is 1. The van der Waals surface area contributed by atoms with E-state index < -0.39 is 26.1 Å². The van der Waals surface area contributed by atoms with Crippen molar-refractivity contribution in [1.29, 1.82) is 0 Å². The Labute approximate surface area is 176 Å². The number of hydrogen-bond acceptors (Lipinski definition) is 6. The smallest absolute Gasteiger partial charge is 0.233 e. The first-order chi connectivity index (χ1) is 14.3. The van der Waals surface area contributed by atoms with Crippen molar-refractivity contribution in [1.82, 2.24) is 9.80 Å². The van der Waals surface area contributed by atoms with E-state index in [0.29, 0.717) is 19.6 Å². The van der Waals surface area contributed by atoms with E-state index in [1.165, 1.54) is 12.1 Å². The zero-order chi connectivity index (χ0) is 21.1. The fraction of sp³-hybridized carbons (Fsp3) is 0.667. The first-order valence-corrected chi connectivity index (χ1v) is 12.1. The molecule has 1 atom stereocenters. The van der Waals surface area contributed by atoms with Crippen LogP contribution in [0.4, 0.5) is 4.39 Å². The van der Waals surface area contributed by atoms with E-state index in [0.717, 1.165) is 31.5 Å². The van der Waals surface area contributed by atoms with Gasteiger partial charge in [0.25, 0.3) is 0 Å². The van der Waals surface area contributed by atoms with E-state index in [9.17, 15) is 17.6 Å². The highest BCUT2D eigenvalue weighted by Gasteiger charge is 2.60. The average Bonchev–Trinajstić information content (AvgIpc) is 3.45. The zero-order valence-electron chi connectivity index (χ0n) is 17.0. The zero-order valence-corrected chi connectivity index (χ0v) is 17.9. The second kappa shape index (κ2) is 6.98. The standard InChI is InChI=1S/C21H27FN2O5S/c1-28-17-8-23(9-17)10-18-11-29-20(14-30(18,26)27)12-24(13-20)19(25)21(6-7-21)15-2-4-16(22)5-3-15/h2-5,17-18H,6-14H2,1H3/t18-/m0/s1. The molecular formula is C21H27FN2O5S. The van der Waals surface area contributed by atoms with Gasteiger partial charge in [-0.05, 0) is 30.5 Å². The Morgan fingerprint density at radius 2 is 1.90 bits per heavy atom. The van der Waals surface area contributed by atoms with E-state index >= 15 is 0 Å². The summed E-state index contributed by atoms with van der Waals surface area (Å²) in [6.45, 7) is 2.74. The third-order valence-electron chi connectivity index (χ3n) is 7.07. The fourth-order valence-electron chi connectivity index (χ4n) is 4.97. The first kappa shape index (κ1) is 20.4. The number of amides is 1. The number of halogens is 1. The van der Waals surface area contributed by atoms with Crippen LogP contribution in [-0.4, -0.2) is 93.3 Å². The Bertz CT molecular complexity index is 935. The van der Waals surface area contributed by atoms with Crippen LogP contribution < -0.4 is 0 Å². The molecule has 5 rings (SSSR count). The fourth-order valence-corrected chi connectivity index (χ4v) is 6.92. The molecule has 0 bridgehead atoms. The molecule has 4 aliphatic rings. The normalized spacial score (nSPS) is 29.3. The molecule has 1 aromatic carbocycles. The maximum Gasteiger partial charge on any atom is 0.233 e. The summed E-state index contributed by atoms with van der Waals surface area (Å²) in [5.41, 5.74) is -0.537. The summed E-state index contributed by atoms with van der Waals surface area (Å²) in [6, 6.07) is 6.10. The molecule has 4 fully saturated rings. The lowest BCUT2D eigenvalue weighted by Gasteiger charge is -2.53. The maximum atomic E-state index is 13.2. The minimum atomic E-state index is -3.30. The molecule has 1 aliphatic carbocycles. The lowest BCUT2D eigenvalue weighted by Crippen LogP contribution is -2.72. The van der Waals surface area contributed by atoms with E-state index in [1.807, 2.05) is 0 Å². The van der Waals surface area contributed by atoms with Crippen molar-refractivity contribution in [3.8, 4) is 0 Å². The lowest BCUT2D eigenvalue weighted by atomic mass is 9.89. The maximum absolute atomic E-state index is 13.2. The summed E-state index contributed by atoms with van der Waals surface area (Å²) in [7, 11) is -1.64. The van der Waals surface area contributed by atoms with Crippen molar-refractivity contribution in [3.05, 3.63) is 35.6 Å². The Kier molecular flexibility index (Phi) is 4.74. The van der Waals surface area contributed by atoms with Gasteiger partial charge in [0, 0.05) is 26.7 Å². The van der Waals surface area contributed by atoms with Crippen molar-refractivity contribution in [2.45, 2.75) is 35.2 Å². The van der Waals surface area contributed by atoms with E-state index in [2.05, 4.69) is 4.90 Å². The number of ether oxygens (including phenoxy) is 2. The molecule has 9 heteroatoms. The summed E-state index contributed by atoms with van der Waals surface area (Å²) in [6.07, 6.45) is 1.66. The van der Waals surface area contributed by atoms with Crippen LogP contribution in [-0.2, 0) is 29.5 Å². The molecule has 3 heterocycles. The number of sulfone groups is 1. The molecule has 3 saturated heterocycles. The van der Waals surface area contributed by atoms with Crippen molar-refractivity contribution in [3.63, 3.8) is 0 Å². The number of rotatable bonds is 5. The van der Waals surface area contributed by atoms with E-state index in [-0.39, 0.29) is 30.2 Å².